The summed E-state index contributed by atoms with van der Waals surface area (Å²) >= 11 is 0. The van der Waals surface area contributed by atoms with E-state index in [0.29, 0.717) is 19.3 Å². The highest BCUT2D eigenvalue weighted by Crippen LogP contribution is 2.20. The van der Waals surface area contributed by atoms with Crippen LogP contribution in [0.5, 0.6) is 5.75 Å². The standard InChI is InChI=1S/C48H79NO9/c1-4-7-10-13-14-15-16-17-18-19-20-21-22-23-29-34-46(50)55-40-42(41-56-48(52)58-45-38-36-43(37-39-45)49(53)54)31-26-24-25-30-35-47(51)57-44(32-27-11-8-5-2)33-28-12-9-6-3/h14-15,17-18,36-39,42,44H,4-13,16,19-35,40-41H2,1-3H3/b15-14-,18-17-. The number of hydrogen-bond donors (Lipinski definition) is 0. The van der Waals surface area contributed by atoms with E-state index in [9.17, 15) is 24.5 Å². The number of carbonyl (C=O) groups is 3. The van der Waals surface area contributed by atoms with Gasteiger partial charge in [0.1, 0.15) is 18.5 Å². The molecule has 58 heavy (non-hydrogen) atoms. The van der Waals surface area contributed by atoms with E-state index in [1.165, 1.54) is 88.5 Å². The summed E-state index contributed by atoms with van der Waals surface area (Å²) < 4.78 is 22.1. The van der Waals surface area contributed by atoms with Crippen molar-refractivity contribution in [1.82, 2.24) is 0 Å². The van der Waals surface area contributed by atoms with Gasteiger partial charge in [0.2, 0.25) is 0 Å². The van der Waals surface area contributed by atoms with Crippen molar-refractivity contribution >= 4 is 23.8 Å². The van der Waals surface area contributed by atoms with Crippen molar-refractivity contribution in [3.63, 3.8) is 0 Å². The quantitative estimate of drug-likeness (QED) is 0.0122. The molecule has 1 rings (SSSR count). The van der Waals surface area contributed by atoms with Gasteiger partial charge in [-0.25, -0.2) is 4.79 Å². The second kappa shape index (κ2) is 37.6. The van der Waals surface area contributed by atoms with Crippen LogP contribution in [0.1, 0.15) is 201 Å². The van der Waals surface area contributed by atoms with Crippen LogP contribution in [0.2, 0.25) is 0 Å². The summed E-state index contributed by atoms with van der Waals surface area (Å²) in [5.74, 6) is -0.445. The molecule has 0 saturated carbocycles. The Kier molecular flexibility index (Phi) is 33.9. The molecule has 0 spiro atoms. The summed E-state index contributed by atoms with van der Waals surface area (Å²) in [6.07, 6.45) is 36.4. The second-order valence-electron chi connectivity index (χ2n) is 15.7. The van der Waals surface area contributed by atoms with Crippen LogP contribution in [0.15, 0.2) is 48.6 Å². The maximum Gasteiger partial charge on any atom is 0.513 e. The van der Waals surface area contributed by atoms with E-state index in [4.69, 9.17) is 18.9 Å². The fraction of sp³-hybridized carbons (Fsp3) is 0.729. The van der Waals surface area contributed by atoms with Crippen molar-refractivity contribution in [2.75, 3.05) is 13.2 Å². The largest absolute Gasteiger partial charge is 0.513 e. The van der Waals surface area contributed by atoms with Crippen molar-refractivity contribution in [1.29, 1.82) is 0 Å². The van der Waals surface area contributed by atoms with Crippen LogP contribution in [0, 0.1) is 16.0 Å². The minimum Gasteiger partial charge on any atom is -0.465 e. The summed E-state index contributed by atoms with van der Waals surface area (Å²) in [4.78, 5) is 48.1. The number of rotatable bonds is 38. The lowest BCUT2D eigenvalue weighted by Crippen LogP contribution is -2.22. The molecule has 0 N–H and O–H groups in total. The van der Waals surface area contributed by atoms with Crippen molar-refractivity contribution < 1.29 is 38.3 Å². The van der Waals surface area contributed by atoms with Crippen LogP contribution in [0.25, 0.3) is 0 Å². The first-order valence-corrected chi connectivity index (χ1v) is 23.0. The minimum absolute atomic E-state index is 0.00696. The Labute approximate surface area is 351 Å². The predicted octanol–water partition coefficient (Wildman–Crippen LogP) is 14.3. The van der Waals surface area contributed by atoms with Gasteiger partial charge in [-0.05, 0) is 89.2 Å². The summed E-state index contributed by atoms with van der Waals surface area (Å²) in [5, 5.41) is 10.9. The molecular weight excluding hydrogens is 735 g/mol. The van der Waals surface area contributed by atoms with E-state index in [0.717, 1.165) is 96.3 Å². The average Bonchev–Trinajstić information content (AvgIpc) is 3.21. The van der Waals surface area contributed by atoms with Gasteiger partial charge < -0.3 is 18.9 Å². The van der Waals surface area contributed by atoms with Gasteiger partial charge in [-0.1, -0.05) is 135 Å². The van der Waals surface area contributed by atoms with Crippen LogP contribution in [-0.4, -0.2) is 42.3 Å². The zero-order valence-electron chi connectivity index (χ0n) is 36.6. The first kappa shape index (κ1) is 52.3. The lowest BCUT2D eigenvalue weighted by molar-refractivity contribution is -0.384. The second-order valence-corrected chi connectivity index (χ2v) is 15.7. The molecule has 0 amide bonds. The number of nitrogens with zero attached hydrogens (tertiary/aromatic N) is 1. The van der Waals surface area contributed by atoms with E-state index in [1.54, 1.807) is 0 Å². The van der Waals surface area contributed by atoms with E-state index in [-0.39, 0.29) is 48.6 Å². The van der Waals surface area contributed by atoms with Crippen molar-refractivity contribution in [3.05, 3.63) is 58.7 Å². The van der Waals surface area contributed by atoms with E-state index >= 15 is 0 Å². The maximum absolute atomic E-state index is 12.7. The monoisotopic (exact) mass is 814 g/mol. The molecule has 1 unspecified atom stereocenters. The number of unbranched alkanes of at least 4 members (excludes halogenated alkanes) is 17. The minimum atomic E-state index is -0.928. The molecule has 10 heteroatoms. The van der Waals surface area contributed by atoms with E-state index in [1.807, 2.05) is 0 Å². The average molecular weight is 814 g/mol. The Morgan fingerprint density at radius 3 is 1.67 bits per heavy atom. The number of non-ortho nitro benzene ring substituents is 1. The van der Waals surface area contributed by atoms with Crippen LogP contribution >= 0.6 is 0 Å². The molecule has 0 fully saturated rings. The third-order valence-corrected chi connectivity index (χ3v) is 10.3. The summed E-state index contributed by atoms with van der Waals surface area (Å²) in [6, 6.07) is 5.17. The molecule has 0 heterocycles. The fourth-order valence-corrected chi connectivity index (χ4v) is 6.69. The zero-order valence-corrected chi connectivity index (χ0v) is 36.6. The Bertz CT molecular complexity index is 1230. The Balaban J connectivity index is 2.46. The highest BCUT2D eigenvalue weighted by Gasteiger charge is 2.18. The summed E-state index contributed by atoms with van der Waals surface area (Å²) in [6.45, 7) is 6.77. The Morgan fingerprint density at radius 1 is 0.586 bits per heavy atom. The molecule has 1 aromatic rings. The van der Waals surface area contributed by atoms with Gasteiger partial charge in [0.25, 0.3) is 5.69 Å². The molecule has 0 saturated heterocycles. The highest BCUT2D eigenvalue weighted by atomic mass is 16.7. The number of hydrogen-bond acceptors (Lipinski definition) is 9. The number of nitro benzene ring substituents is 1. The molecule has 1 aromatic carbocycles. The molecule has 0 aliphatic rings. The highest BCUT2D eigenvalue weighted by molar-refractivity contribution is 5.69. The zero-order chi connectivity index (χ0) is 42.3. The van der Waals surface area contributed by atoms with Crippen molar-refractivity contribution in [2.45, 2.75) is 207 Å². The molecular formula is C48H79NO9. The normalized spacial score (nSPS) is 12.0. The number of carbonyl (C=O) groups excluding carboxylic acids is 3. The van der Waals surface area contributed by atoms with Gasteiger partial charge >= 0.3 is 18.1 Å². The maximum atomic E-state index is 12.7. The number of allylic oxidation sites excluding steroid dienone is 4. The lowest BCUT2D eigenvalue weighted by atomic mass is 10.0. The SMILES string of the molecule is CCCCC/C=C\C/C=C\CCCCCCCC(=O)OCC(CCCCCCC(=O)OC(CCCCCC)CCCCCC)COC(=O)Oc1ccc([N+](=O)[O-])cc1. The van der Waals surface area contributed by atoms with E-state index < -0.39 is 11.1 Å². The van der Waals surface area contributed by atoms with Gasteiger partial charge in [-0.15, -0.1) is 0 Å². The molecule has 1 atom stereocenters. The summed E-state index contributed by atoms with van der Waals surface area (Å²) in [7, 11) is 0. The topological polar surface area (TPSA) is 131 Å². The predicted molar refractivity (Wildman–Crippen MR) is 234 cm³/mol. The third kappa shape index (κ3) is 31.3. The van der Waals surface area contributed by atoms with Gasteiger partial charge in [0, 0.05) is 30.9 Å². The molecule has 330 valence electrons. The molecule has 0 aliphatic carbocycles. The first-order chi connectivity index (χ1) is 28.3. The van der Waals surface area contributed by atoms with Crippen LogP contribution in [0.4, 0.5) is 10.5 Å². The Hall–Kier alpha value is -3.69. The number of ether oxygens (including phenoxy) is 4. The van der Waals surface area contributed by atoms with Crippen LogP contribution < -0.4 is 4.74 Å². The van der Waals surface area contributed by atoms with Gasteiger partial charge in [0.15, 0.2) is 0 Å². The fourth-order valence-electron chi connectivity index (χ4n) is 6.69. The van der Waals surface area contributed by atoms with Crippen molar-refractivity contribution in [3.8, 4) is 5.75 Å². The van der Waals surface area contributed by atoms with Crippen LogP contribution in [0.3, 0.4) is 0 Å². The number of nitro groups is 1. The number of esters is 2. The van der Waals surface area contributed by atoms with Gasteiger partial charge in [-0.3, -0.25) is 19.7 Å². The van der Waals surface area contributed by atoms with Gasteiger partial charge in [0.05, 0.1) is 11.5 Å². The molecule has 0 aliphatic heterocycles. The molecule has 0 radical (unpaired) electrons. The smallest absolute Gasteiger partial charge is 0.465 e. The molecule has 0 bridgehead atoms. The molecule has 0 aromatic heterocycles. The Morgan fingerprint density at radius 2 is 1.07 bits per heavy atom. The van der Waals surface area contributed by atoms with Crippen LogP contribution in [-0.2, 0) is 23.8 Å². The summed E-state index contributed by atoms with van der Waals surface area (Å²) in [5.41, 5.74) is -0.112. The third-order valence-electron chi connectivity index (χ3n) is 10.3. The van der Waals surface area contributed by atoms with Crippen molar-refractivity contribution in [2.24, 2.45) is 5.92 Å². The lowest BCUT2D eigenvalue weighted by Gasteiger charge is -2.18. The van der Waals surface area contributed by atoms with E-state index in [2.05, 4.69) is 45.1 Å². The number of benzene rings is 1. The van der Waals surface area contributed by atoms with Gasteiger partial charge in [-0.2, -0.15) is 0 Å². The molecule has 10 nitrogen and oxygen atoms in total. The first-order valence-electron chi connectivity index (χ1n) is 23.0.